The third-order valence-corrected chi connectivity index (χ3v) is 6.55. The molecular formula is C31H39N. The van der Waals surface area contributed by atoms with Crippen molar-refractivity contribution < 1.29 is 0 Å². The highest BCUT2D eigenvalue weighted by atomic mass is 15.1. The molecule has 2 aromatic carbocycles. The molecule has 0 atom stereocenters. The molecule has 0 unspecified atom stereocenters. The van der Waals surface area contributed by atoms with Gasteiger partial charge in [-0.05, 0) is 91.0 Å². The number of unbranched alkanes of at least 4 members (excludes halogenated alkanes) is 1. The number of likely N-dealkylation sites (tertiary alicyclic amines) is 1. The second-order valence-electron chi connectivity index (χ2n) is 8.95. The largest absolute Gasteiger partial charge is 0.372 e. The van der Waals surface area contributed by atoms with Crippen LogP contribution in [0.15, 0.2) is 79.5 Å². The Labute approximate surface area is 195 Å². The van der Waals surface area contributed by atoms with Gasteiger partial charge in [-0.15, -0.1) is 0 Å². The van der Waals surface area contributed by atoms with Crippen LogP contribution in [0.2, 0.25) is 0 Å². The minimum atomic E-state index is 0.900. The Balaban J connectivity index is 1.82. The predicted octanol–water partition coefficient (Wildman–Crippen LogP) is 8.16. The van der Waals surface area contributed by atoms with Crippen molar-refractivity contribution in [1.82, 2.24) is 4.90 Å². The van der Waals surface area contributed by atoms with Gasteiger partial charge in [0.05, 0.1) is 0 Å². The molecule has 0 radical (unpaired) electrons. The monoisotopic (exact) mass is 425 g/mol. The number of allylic oxidation sites excluding steroid dienone is 5. The van der Waals surface area contributed by atoms with Crippen molar-refractivity contribution >= 4 is 11.1 Å². The minimum Gasteiger partial charge on any atom is -0.372 e. The molecule has 0 aliphatic carbocycles. The Morgan fingerprint density at radius 2 is 1.75 bits per heavy atom. The van der Waals surface area contributed by atoms with E-state index in [0.717, 1.165) is 31.6 Å². The van der Waals surface area contributed by atoms with Gasteiger partial charge in [-0.25, -0.2) is 0 Å². The van der Waals surface area contributed by atoms with E-state index in [1.54, 1.807) is 0 Å². The smallest absolute Gasteiger partial charge is 0.0293 e. The first-order valence-electron chi connectivity index (χ1n) is 12.2. The number of nitrogens with zero attached hydrogens (tertiary/aromatic N) is 1. The predicted molar refractivity (Wildman–Crippen MR) is 142 cm³/mol. The van der Waals surface area contributed by atoms with E-state index in [-0.39, 0.29) is 0 Å². The zero-order valence-corrected chi connectivity index (χ0v) is 20.3. The highest BCUT2D eigenvalue weighted by Crippen LogP contribution is 2.27. The number of benzene rings is 2. The second kappa shape index (κ2) is 11.7. The molecule has 1 aliphatic heterocycles. The molecule has 2 aromatic rings. The Morgan fingerprint density at radius 1 is 1.00 bits per heavy atom. The summed E-state index contributed by atoms with van der Waals surface area (Å²) in [6.07, 6.45) is 13.6. The Morgan fingerprint density at radius 3 is 2.44 bits per heavy atom. The lowest BCUT2D eigenvalue weighted by atomic mass is 9.90. The molecular weight excluding hydrogens is 386 g/mol. The van der Waals surface area contributed by atoms with Crippen molar-refractivity contribution in [3.63, 3.8) is 0 Å². The molecule has 0 aromatic heterocycles. The third-order valence-electron chi connectivity index (χ3n) is 6.55. The van der Waals surface area contributed by atoms with E-state index in [1.807, 2.05) is 0 Å². The van der Waals surface area contributed by atoms with Crippen LogP contribution >= 0.6 is 0 Å². The molecule has 1 saturated heterocycles. The van der Waals surface area contributed by atoms with Crippen LogP contribution < -0.4 is 0 Å². The first kappa shape index (κ1) is 23.9. The zero-order chi connectivity index (χ0) is 22.9. The quantitative estimate of drug-likeness (QED) is 0.347. The first-order valence-corrected chi connectivity index (χ1v) is 12.2. The fraction of sp³-hybridized carbons (Fsp3) is 0.355. The molecule has 3 rings (SSSR count). The van der Waals surface area contributed by atoms with Crippen LogP contribution in [0.25, 0.3) is 11.1 Å². The minimum absolute atomic E-state index is 0.900. The van der Waals surface area contributed by atoms with Crippen LogP contribution in [0.4, 0.5) is 0 Å². The van der Waals surface area contributed by atoms with Gasteiger partial charge in [0.1, 0.15) is 0 Å². The van der Waals surface area contributed by atoms with Gasteiger partial charge in [0, 0.05) is 18.8 Å². The number of rotatable bonds is 10. The molecule has 0 saturated carbocycles. The lowest BCUT2D eigenvalue weighted by molar-refractivity contribution is 0.442. The average Bonchev–Trinajstić information content (AvgIpc) is 3.34. The Kier molecular flexibility index (Phi) is 8.73. The summed E-state index contributed by atoms with van der Waals surface area (Å²) in [5, 5.41) is 0. The molecule has 0 spiro atoms. The molecule has 1 nitrogen and oxygen atoms in total. The summed E-state index contributed by atoms with van der Waals surface area (Å²) in [7, 11) is 0. The van der Waals surface area contributed by atoms with Gasteiger partial charge >= 0.3 is 0 Å². The molecule has 1 aliphatic rings. The van der Waals surface area contributed by atoms with Crippen LogP contribution in [-0.4, -0.2) is 18.0 Å². The summed E-state index contributed by atoms with van der Waals surface area (Å²) in [5.74, 6) is 0. The van der Waals surface area contributed by atoms with Gasteiger partial charge in [-0.2, -0.15) is 0 Å². The summed E-state index contributed by atoms with van der Waals surface area (Å²) in [6, 6.07) is 15.5. The fourth-order valence-electron chi connectivity index (χ4n) is 4.53. The van der Waals surface area contributed by atoms with Crippen LogP contribution in [0.3, 0.4) is 0 Å². The number of aryl methyl sites for hydroxylation is 2. The summed E-state index contributed by atoms with van der Waals surface area (Å²) in [5.41, 5.74) is 10.3. The Hall–Kier alpha value is -2.80. The maximum atomic E-state index is 4.43. The van der Waals surface area contributed by atoms with Crippen molar-refractivity contribution in [2.45, 2.75) is 59.3 Å². The van der Waals surface area contributed by atoms with E-state index in [2.05, 4.69) is 99.5 Å². The van der Waals surface area contributed by atoms with E-state index in [1.165, 1.54) is 64.6 Å². The topological polar surface area (TPSA) is 3.24 Å². The van der Waals surface area contributed by atoms with E-state index < -0.39 is 0 Å². The Bertz CT molecular complexity index is 999. The average molecular weight is 426 g/mol. The lowest BCUT2D eigenvalue weighted by Gasteiger charge is -2.18. The number of hydrogen-bond donors (Lipinski definition) is 0. The molecule has 0 N–H and O–H groups in total. The second-order valence-corrected chi connectivity index (χ2v) is 8.95. The van der Waals surface area contributed by atoms with Gasteiger partial charge < -0.3 is 4.90 Å². The molecule has 32 heavy (non-hydrogen) atoms. The van der Waals surface area contributed by atoms with Gasteiger partial charge in [0.25, 0.3) is 0 Å². The van der Waals surface area contributed by atoms with Crippen LogP contribution in [0, 0.1) is 6.92 Å². The normalized spacial score (nSPS) is 14.3. The van der Waals surface area contributed by atoms with Gasteiger partial charge in [-0.3, -0.25) is 0 Å². The first-order chi connectivity index (χ1) is 15.5. The highest BCUT2D eigenvalue weighted by molar-refractivity contribution is 5.75. The van der Waals surface area contributed by atoms with Gasteiger partial charge in [0.2, 0.25) is 0 Å². The van der Waals surface area contributed by atoms with Crippen molar-refractivity contribution in [2.24, 2.45) is 0 Å². The maximum Gasteiger partial charge on any atom is 0.0293 e. The SMILES string of the molecule is C=C(Cc1ccc(C(/C=C\C(=C)N2CCCC2)=C/C)cc1CCCC)c1ccccc1C. The van der Waals surface area contributed by atoms with Crippen LogP contribution in [-0.2, 0) is 12.8 Å². The molecule has 1 heteroatoms. The third kappa shape index (κ3) is 6.13. The molecule has 1 fully saturated rings. The van der Waals surface area contributed by atoms with E-state index in [9.17, 15) is 0 Å². The van der Waals surface area contributed by atoms with Crippen molar-refractivity contribution in [3.8, 4) is 0 Å². The van der Waals surface area contributed by atoms with Crippen molar-refractivity contribution in [3.05, 3.63) is 107 Å². The van der Waals surface area contributed by atoms with E-state index >= 15 is 0 Å². The standard InChI is InChI=1S/C31H39N/c1-6-8-14-28-23-30(27(7-2)17-16-26(5)32-20-11-12-21-32)19-18-29(28)22-25(4)31-15-10-9-13-24(31)3/h7,9-10,13,15-19,23H,4-6,8,11-12,14,20-22H2,1-3H3/b17-16-,27-7+. The van der Waals surface area contributed by atoms with E-state index in [4.69, 9.17) is 0 Å². The van der Waals surface area contributed by atoms with Gasteiger partial charge in [-0.1, -0.05) is 81.1 Å². The van der Waals surface area contributed by atoms with Crippen LogP contribution in [0.1, 0.15) is 67.3 Å². The zero-order valence-electron chi connectivity index (χ0n) is 20.3. The van der Waals surface area contributed by atoms with Crippen LogP contribution in [0.5, 0.6) is 0 Å². The summed E-state index contributed by atoms with van der Waals surface area (Å²) in [4.78, 5) is 2.39. The molecule has 168 valence electrons. The highest BCUT2D eigenvalue weighted by Gasteiger charge is 2.12. The van der Waals surface area contributed by atoms with Crippen molar-refractivity contribution in [1.29, 1.82) is 0 Å². The summed E-state index contributed by atoms with van der Waals surface area (Å²) < 4.78 is 0. The van der Waals surface area contributed by atoms with Crippen molar-refractivity contribution in [2.75, 3.05) is 13.1 Å². The fourth-order valence-corrected chi connectivity index (χ4v) is 4.53. The summed E-state index contributed by atoms with van der Waals surface area (Å²) >= 11 is 0. The number of hydrogen-bond acceptors (Lipinski definition) is 1. The lowest BCUT2D eigenvalue weighted by Crippen LogP contribution is -2.16. The molecule has 1 heterocycles. The molecule has 0 bridgehead atoms. The van der Waals surface area contributed by atoms with Gasteiger partial charge in [0.15, 0.2) is 0 Å². The maximum absolute atomic E-state index is 4.43. The molecule has 0 amide bonds. The summed E-state index contributed by atoms with van der Waals surface area (Å²) in [6.45, 7) is 17.5. The van der Waals surface area contributed by atoms with E-state index in [0.29, 0.717) is 0 Å².